The minimum Gasteiger partial charge on any atom is -0.378 e. The van der Waals surface area contributed by atoms with E-state index < -0.39 is 0 Å². The van der Waals surface area contributed by atoms with Crippen molar-refractivity contribution < 1.29 is 9.53 Å². The number of carbonyl (C=O) groups excluding carboxylic acids is 1. The van der Waals surface area contributed by atoms with Crippen LogP contribution in [0.25, 0.3) is 11.2 Å². The molecule has 1 unspecified atom stereocenters. The highest BCUT2D eigenvalue weighted by Crippen LogP contribution is 2.36. The molecule has 4 rings (SSSR count). The molecule has 2 aromatic rings. The first-order chi connectivity index (χ1) is 11.7. The third-order valence-corrected chi connectivity index (χ3v) is 5.08. The standard InChI is InChI=1S/C18H24N4O2/c1-12-7-9-15-17(19-12)22(13-4-2-5-13)18(20-15)21-16(23)10-8-14-6-3-11-24-14/h7,9,13-14H,2-6,8,10-11H2,1H3,(H,20,21,23). The van der Waals surface area contributed by atoms with Gasteiger partial charge in [0.15, 0.2) is 5.65 Å². The molecule has 1 amide bonds. The number of fused-ring (bicyclic) bond motifs is 1. The van der Waals surface area contributed by atoms with Crippen LogP contribution in [0, 0.1) is 6.92 Å². The van der Waals surface area contributed by atoms with Gasteiger partial charge < -0.3 is 4.74 Å². The summed E-state index contributed by atoms with van der Waals surface area (Å²) >= 11 is 0. The van der Waals surface area contributed by atoms with E-state index in [0.29, 0.717) is 18.4 Å². The van der Waals surface area contributed by atoms with Gasteiger partial charge in [0.05, 0.1) is 6.10 Å². The molecule has 1 N–H and O–H groups in total. The lowest BCUT2D eigenvalue weighted by Crippen LogP contribution is -2.23. The van der Waals surface area contributed by atoms with E-state index in [0.717, 1.165) is 55.6 Å². The molecule has 24 heavy (non-hydrogen) atoms. The number of pyridine rings is 1. The van der Waals surface area contributed by atoms with Crippen LogP contribution in [0.4, 0.5) is 5.95 Å². The van der Waals surface area contributed by atoms with E-state index in [9.17, 15) is 4.79 Å². The van der Waals surface area contributed by atoms with Gasteiger partial charge in [-0.1, -0.05) is 0 Å². The summed E-state index contributed by atoms with van der Waals surface area (Å²) in [6.45, 7) is 2.81. The number of anilines is 1. The lowest BCUT2D eigenvalue weighted by atomic mass is 9.93. The van der Waals surface area contributed by atoms with Crippen molar-refractivity contribution in [3.05, 3.63) is 17.8 Å². The van der Waals surface area contributed by atoms with Crippen LogP contribution < -0.4 is 5.32 Å². The van der Waals surface area contributed by atoms with E-state index in [1.165, 1.54) is 6.42 Å². The molecule has 2 aliphatic rings. The van der Waals surface area contributed by atoms with E-state index in [1.54, 1.807) is 0 Å². The highest BCUT2D eigenvalue weighted by Gasteiger charge is 2.26. The van der Waals surface area contributed by atoms with Crippen LogP contribution in [-0.2, 0) is 9.53 Å². The number of hydrogen-bond donors (Lipinski definition) is 1. The van der Waals surface area contributed by atoms with E-state index in [1.807, 2.05) is 19.1 Å². The summed E-state index contributed by atoms with van der Waals surface area (Å²) in [5, 5.41) is 3.01. The Balaban J connectivity index is 1.53. The Hall–Kier alpha value is -1.95. The second-order valence-electron chi connectivity index (χ2n) is 6.91. The first-order valence-electron chi connectivity index (χ1n) is 8.98. The molecule has 2 fully saturated rings. The number of aromatic nitrogens is 3. The van der Waals surface area contributed by atoms with Gasteiger partial charge in [0.25, 0.3) is 0 Å². The molecule has 0 radical (unpaired) electrons. The van der Waals surface area contributed by atoms with E-state index in [4.69, 9.17) is 4.74 Å². The normalized spacial score (nSPS) is 21.1. The quantitative estimate of drug-likeness (QED) is 0.914. The second kappa shape index (κ2) is 6.51. The molecule has 6 heteroatoms. The maximum atomic E-state index is 12.4. The summed E-state index contributed by atoms with van der Waals surface area (Å²) in [5.74, 6) is 0.656. The van der Waals surface area contributed by atoms with Gasteiger partial charge in [0.2, 0.25) is 11.9 Å². The van der Waals surface area contributed by atoms with Gasteiger partial charge in [-0.25, -0.2) is 9.97 Å². The van der Waals surface area contributed by atoms with Crippen LogP contribution in [0.15, 0.2) is 12.1 Å². The number of hydrogen-bond acceptors (Lipinski definition) is 4. The maximum absolute atomic E-state index is 12.4. The Morgan fingerprint density at radius 3 is 2.88 bits per heavy atom. The highest BCUT2D eigenvalue weighted by atomic mass is 16.5. The number of aryl methyl sites for hydroxylation is 1. The van der Waals surface area contributed by atoms with Crippen LogP contribution in [0.1, 0.15) is 56.7 Å². The predicted molar refractivity (Wildman–Crippen MR) is 92.0 cm³/mol. The molecule has 0 aromatic carbocycles. The number of imidazole rings is 1. The predicted octanol–water partition coefficient (Wildman–Crippen LogP) is 3.36. The monoisotopic (exact) mass is 328 g/mol. The molecule has 3 heterocycles. The minimum atomic E-state index is 0.0121. The third kappa shape index (κ3) is 3.02. The lowest BCUT2D eigenvalue weighted by Gasteiger charge is -2.28. The van der Waals surface area contributed by atoms with Crippen LogP contribution in [-0.4, -0.2) is 33.2 Å². The topological polar surface area (TPSA) is 69.0 Å². The number of carbonyl (C=O) groups is 1. The molecule has 1 saturated carbocycles. The van der Waals surface area contributed by atoms with Crippen LogP contribution in [0.5, 0.6) is 0 Å². The van der Waals surface area contributed by atoms with Gasteiger partial charge in [0.1, 0.15) is 5.52 Å². The number of nitrogens with zero attached hydrogens (tertiary/aromatic N) is 3. The van der Waals surface area contributed by atoms with Crippen molar-refractivity contribution in [1.29, 1.82) is 0 Å². The average Bonchev–Trinajstić information content (AvgIpc) is 3.13. The lowest BCUT2D eigenvalue weighted by molar-refractivity contribution is -0.116. The van der Waals surface area contributed by atoms with Crippen molar-refractivity contribution in [2.45, 2.75) is 64.0 Å². The van der Waals surface area contributed by atoms with Crippen molar-refractivity contribution in [3.63, 3.8) is 0 Å². The van der Waals surface area contributed by atoms with Gasteiger partial charge in [-0.05, 0) is 57.6 Å². The average molecular weight is 328 g/mol. The maximum Gasteiger partial charge on any atom is 0.226 e. The number of ether oxygens (including phenoxy) is 1. The Kier molecular flexibility index (Phi) is 4.22. The fraction of sp³-hybridized carbons (Fsp3) is 0.611. The molecular formula is C18H24N4O2. The molecule has 0 spiro atoms. The SMILES string of the molecule is Cc1ccc2nc(NC(=O)CCC3CCCO3)n(C3CCC3)c2n1. The zero-order valence-corrected chi connectivity index (χ0v) is 14.1. The summed E-state index contributed by atoms with van der Waals surface area (Å²) in [5.41, 5.74) is 2.70. The van der Waals surface area contributed by atoms with Crippen LogP contribution in [0.2, 0.25) is 0 Å². The molecular weight excluding hydrogens is 304 g/mol. The summed E-state index contributed by atoms with van der Waals surface area (Å²) in [4.78, 5) is 21.6. The minimum absolute atomic E-state index is 0.0121. The molecule has 0 bridgehead atoms. The molecule has 1 saturated heterocycles. The number of rotatable bonds is 5. The summed E-state index contributed by atoms with van der Waals surface area (Å²) in [6, 6.07) is 4.34. The van der Waals surface area contributed by atoms with E-state index in [-0.39, 0.29) is 12.0 Å². The Bertz CT molecular complexity index is 745. The van der Waals surface area contributed by atoms with Gasteiger partial charge >= 0.3 is 0 Å². The summed E-state index contributed by atoms with van der Waals surface area (Å²) < 4.78 is 7.71. The zero-order chi connectivity index (χ0) is 16.5. The Labute approximate surface area is 141 Å². The smallest absolute Gasteiger partial charge is 0.226 e. The first-order valence-corrected chi connectivity index (χ1v) is 8.98. The first kappa shape index (κ1) is 15.6. The zero-order valence-electron chi connectivity index (χ0n) is 14.1. The van der Waals surface area contributed by atoms with Crippen LogP contribution in [0.3, 0.4) is 0 Å². The summed E-state index contributed by atoms with van der Waals surface area (Å²) in [6.07, 6.45) is 7.15. The van der Waals surface area contributed by atoms with Crippen molar-refractivity contribution >= 4 is 23.0 Å². The van der Waals surface area contributed by atoms with E-state index in [2.05, 4.69) is 19.9 Å². The van der Waals surface area contributed by atoms with Crippen LogP contribution >= 0.6 is 0 Å². The van der Waals surface area contributed by atoms with Gasteiger partial charge in [-0.3, -0.25) is 14.7 Å². The fourth-order valence-corrected chi connectivity index (χ4v) is 3.50. The number of nitrogens with one attached hydrogen (secondary N) is 1. The van der Waals surface area contributed by atoms with Crippen molar-refractivity contribution in [2.24, 2.45) is 0 Å². The second-order valence-corrected chi connectivity index (χ2v) is 6.91. The van der Waals surface area contributed by atoms with Crippen molar-refractivity contribution in [3.8, 4) is 0 Å². The molecule has 1 aliphatic heterocycles. The van der Waals surface area contributed by atoms with Crippen molar-refractivity contribution in [1.82, 2.24) is 14.5 Å². The molecule has 1 atom stereocenters. The molecule has 6 nitrogen and oxygen atoms in total. The molecule has 2 aromatic heterocycles. The number of amides is 1. The molecule has 1 aliphatic carbocycles. The largest absolute Gasteiger partial charge is 0.378 e. The Morgan fingerprint density at radius 2 is 2.17 bits per heavy atom. The fourth-order valence-electron chi connectivity index (χ4n) is 3.50. The Morgan fingerprint density at radius 1 is 1.29 bits per heavy atom. The highest BCUT2D eigenvalue weighted by molar-refractivity contribution is 5.91. The van der Waals surface area contributed by atoms with Gasteiger partial charge in [0, 0.05) is 24.8 Å². The molecule has 128 valence electrons. The van der Waals surface area contributed by atoms with E-state index >= 15 is 0 Å². The van der Waals surface area contributed by atoms with Gasteiger partial charge in [-0.15, -0.1) is 0 Å². The summed E-state index contributed by atoms with van der Waals surface area (Å²) in [7, 11) is 0. The van der Waals surface area contributed by atoms with Crippen molar-refractivity contribution in [2.75, 3.05) is 11.9 Å². The van der Waals surface area contributed by atoms with Gasteiger partial charge in [-0.2, -0.15) is 0 Å². The third-order valence-electron chi connectivity index (χ3n) is 5.08.